The molecule has 88 valence electrons. The van der Waals surface area contributed by atoms with E-state index in [9.17, 15) is 9.90 Å². The van der Waals surface area contributed by atoms with Gasteiger partial charge >= 0.3 is 5.97 Å². The zero-order valence-electron chi connectivity index (χ0n) is 9.53. The van der Waals surface area contributed by atoms with E-state index in [0.717, 1.165) is 5.56 Å². The molecule has 2 unspecified atom stereocenters. The number of aliphatic hydroxyl groups is 1. The van der Waals surface area contributed by atoms with E-state index in [1.54, 1.807) is 25.1 Å². The lowest BCUT2D eigenvalue weighted by molar-refractivity contribution is -0.148. The SMILES string of the molecule is COC(=O)C(C)C(O)c1ccc(Cl)cc1C. The van der Waals surface area contributed by atoms with Crippen molar-refractivity contribution >= 4 is 17.6 Å². The number of methoxy groups -OCH3 is 1. The molecule has 0 aliphatic heterocycles. The number of ether oxygens (including phenoxy) is 1. The van der Waals surface area contributed by atoms with Crippen LogP contribution >= 0.6 is 11.6 Å². The van der Waals surface area contributed by atoms with E-state index in [4.69, 9.17) is 11.6 Å². The van der Waals surface area contributed by atoms with Gasteiger partial charge in [-0.3, -0.25) is 4.79 Å². The van der Waals surface area contributed by atoms with Gasteiger partial charge < -0.3 is 9.84 Å². The fourth-order valence-electron chi connectivity index (χ4n) is 1.56. The summed E-state index contributed by atoms with van der Waals surface area (Å²) >= 11 is 5.82. The quantitative estimate of drug-likeness (QED) is 0.829. The summed E-state index contributed by atoms with van der Waals surface area (Å²) < 4.78 is 4.59. The van der Waals surface area contributed by atoms with E-state index in [2.05, 4.69) is 4.74 Å². The van der Waals surface area contributed by atoms with Crippen LogP contribution in [0.25, 0.3) is 0 Å². The second-order valence-corrected chi connectivity index (χ2v) is 4.19. The zero-order valence-corrected chi connectivity index (χ0v) is 10.3. The molecular weight excluding hydrogens is 228 g/mol. The van der Waals surface area contributed by atoms with Crippen LogP contribution in [0.2, 0.25) is 5.02 Å². The van der Waals surface area contributed by atoms with Crippen molar-refractivity contribution in [3.8, 4) is 0 Å². The molecule has 1 aromatic carbocycles. The Morgan fingerprint density at radius 1 is 1.50 bits per heavy atom. The highest BCUT2D eigenvalue weighted by atomic mass is 35.5. The van der Waals surface area contributed by atoms with Crippen LogP contribution in [0.5, 0.6) is 0 Å². The number of carbonyl (C=O) groups is 1. The molecule has 0 aromatic heterocycles. The first-order valence-corrected chi connectivity index (χ1v) is 5.37. The number of benzene rings is 1. The molecule has 0 saturated carbocycles. The van der Waals surface area contributed by atoms with E-state index in [1.165, 1.54) is 7.11 Å². The van der Waals surface area contributed by atoms with E-state index < -0.39 is 18.0 Å². The molecule has 2 atom stereocenters. The average Bonchev–Trinajstić information content (AvgIpc) is 2.26. The summed E-state index contributed by atoms with van der Waals surface area (Å²) in [6, 6.07) is 5.17. The second kappa shape index (κ2) is 5.32. The lowest BCUT2D eigenvalue weighted by Crippen LogP contribution is -2.21. The highest BCUT2D eigenvalue weighted by Gasteiger charge is 2.25. The fraction of sp³-hybridized carbons (Fsp3) is 0.417. The van der Waals surface area contributed by atoms with Crippen LogP contribution < -0.4 is 0 Å². The average molecular weight is 243 g/mol. The highest BCUT2D eigenvalue weighted by molar-refractivity contribution is 6.30. The minimum atomic E-state index is -0.871. The van der Waals surface area contributed by atoms with Crippen molar-refractivity contribution in [3.63, 3.8) is 0 Å². The van der Waals surface area contributed by atoms with Gasteiger partial charge in [-0.2, -0.15) is 0 Å². The number of hydrogen-bond donors (Lipinski definition) is 1. The minimum absolute atomic E-state index is 0.429. The maximum Gasteiger partial charge on any atom is 0.311 e. The molecule has 0 heterocycles. The number of aliphatic hydroxyl groups excluding tert-OH is 1. The van der Waals surface area contributed by atoms with Crippen molar-refractivity contribution in [2.24, 2.45) is 5.92 Å². The monoisotopic (exact) mass is 242 g/mol. The molecule has 0 saturated heterocycles. The molecule has 0 spiro atoms. The number of halogens is 1. The van der Waals surface area contributed by atoms with E-state index in [0.29, 0.717) is 10.6 Å². The standard InChI is InChI=1S/C12H15ClO3/c1-7-6-9(13)4-5-10(7)11(14)8(2)12(15)16-3/h4-6,8,11,14H,1-3H3. The number of esters is 1. The predicted molar refractivity (Wildman–Crippen MR) is 62.3 cm³/mol. The van der Waals surface area contributed by atoms with Gasteiger partial charge in [-0.05, 0) is 37.1 Å². The maximum atomic E-state index is 11.3. The topological polar surface area (TPSA) is 46.5 Å². The van der Waals surface area contributed by atoms with Crippen LogP contribution in [0.4, 0.5) is 0 Å². The Labute approximate surface area is 100.0 Å². The molecule has 0 aliphatic rings. The van der Waals surface area contributed by atoms with E-state index in [-0.39, 0.29) is 0 Å². The highest BCUT2D eigenvalue weighted by Crippen LogP contribution is 2.27. The minimum Gasteiger partial charge on any atom is -0.469 e. The van der Waals surface area contributed by atoms with Crippen LogP contribution in [0.3, 0.4) is 0 Å². The van der Waals surface area contributed by atoms with Crippen LogP contribution in [-0.4, -0.2) is 18.2 Å². The number of aryl methyl sites for hydroxylation is 1. The first-order valence-electron chi connectivity index (χ1n) is 4.99. The molecule has 0 fully saturated rings. The summed E-state index contributed by atoms with van der Waals surface area (Å²) in [6.07, 6.45) is -0.871. The third-order valence-corrected chi connectivity index (χ3v) is 2.83. The van der Waals surface area contributed by atoms with Crippen LogP contribution in [0.1, 0.15) is 24.2 Å². The van der Waals surface area contributed by atoms with Crippen molar-refractivity contribution < 1.29 is 14.6 Å². The van der Waals surface area contributed by atoms with Crippen molar-refractivity contribution in [3.05, 3.63) is 34.3 Å². The van der Waals surface area contributed by atoms with Gasteiger partial charge in [0.15, 0.2) is 0 Å². The molecular formula is C12H15ClO3. The van der Waals surface area contributed by atoms with Gasteiger partial charge in [-0.1, -0.05) is 17.7 Å². The first-order chi connectivity index (χ1) is 7.47. The first kappa shape index (κ1) is 13.0. The normalized spacial score (nSPS) is 14.3. The molecule has 4 heteroatoms. The lowest BCUT2D eigenvalue weighted by Gasteiger charge is -2.18. The summed E-state index contributed by atoms with van der Waals surface area (Å²) in [6.45, 7) is 3.47. The molecule has 16 heavy (non-hydrogen) atoms. The van der Waals surface area contributed by atoms with Gasteiger partial charge in [0.1, 0.15) is 0 Å². The summed E-state index contributed by atoms with van der Waals surface area (Å²) in [7, 11) is 1.31. The van der Waals surface area contributed by atoms with E-state index >= 15 is 0 Å². The smallest absolute Gasteiger partial charge is 0.311 e. The molecule has 3 nitrogen and oxygen atoms in total. The van der Waals surface area contributed by atoms with Gasteiger partial charge in [0.25, 0.3) is 0 Å². The van der Waals surface area contributed by atoms with Crippen LogP contribution in [-0.2, 0) is 9.53 Å². The molecule has 1 N–H and O–H groups in total. The molecule has 0 bridgehead atoms. The summed E-state index contributed by atoms with van der Waals surface area (Å²) in [5.41, 5.74) is 1.55. The summed E-state index contributed by atoms with van der Waals surface area (Å²) in [4.78, 5) is 11.3. The zero-order chi connectivity index (χ0) is 12.3. The molecule has 1 rings (SSSR count). The number of carbonyl (C=O) groups excluding carboxylic acids is 1. The van der Waals surface area contributed by atoms with Gasteiger partial charge in [0.2, 0.25) is 0 Å². The van der Waals surface area contributed by atoms with Crippen molar-refractivity contribution in [1.29, 1.82) is 0 Å². The Kier molecular flexibility index (Phi) is 4.33. The second-order valence-electron chi connectivity index (χ2n) is 3.76. The molecule has 0 radical (unpaired) electrons. The number of hydrogen-bond acceptors (Lipinski definition) is 3. The van der Waals surface area contributed by atoms with Crippen LogP contribution in [0, 0.1) is 12.8 Å². The van der Waals surface area contributed by atoms with Gasteiger partial charge in [0, 0.05) is 5.02 Å². The summed E-state index contributed by atoms with van der Waals surface area (Å²) in [5, 5.41) is 10.6. The molecule has 1 aromatic rings. The Balaban J connectivity index is 2.96. The van der Waals surface area contributed by atoms with Gasteiger partial charge in [0.05, 0.1) is 19.1 Å². The fourth-order valence-corrected chi connectivity index (χ4v) is 1.78. The maximum absolute atomic E-state index is 11.3. The van der Waals surface area contributed by atoms with Gasteiger partial charge in [-0.15, -0.1) is 0 Å². The predicted octanol–water partition coefficient (Wildman–Crippen LogP) is 2.49. The van der Waals surface area contributed by atoms with Crippen LogP contribution in [0.15, 0.2) is 18.2 Å². The molecule has 0 amide bonds. The Morgan fingerprint density at radius 2 is 2.12 bits per heavy atom. The third kappa shape index (κ3) is 2.74. The number of rotatable bonds is 3. The Morgan fingerprint density at radius 3 is 2.62 bits per heavy atom. The third-order valence-electron chi connectivity index (χ3n) is 2.60. The van der Waals surface area contributed by atoms with Crippen molar-refractivity contribution in [1.82, 2.24) is 0 Å². The van der Waals surface area contributed by atoms with Gasteiger partial charge in [-0.25, -0.2) is 0 Å². The van der Waals surface area contributed by atoms with Crippen molar-refractivity contribution in [2.75, 3.05) is 7.11 Å². The summed E-state index contributed by atoms with van der Waals surface area (Å²) in [5.74, 6) is -1.02. The molecule has 0 aliphatic carbocycles. The largest absolute Gasteiger partial charge is 0.469 e. The Hall–Kier alpha value is -1.06. The lowest BCUT2D eigenvalue weighted by atomic mass is 9.94. The van der Waals surface area contributed by atoms with E-state index in [1.807, 2.05) is 6.92 Å². The Bertz CT molecular complexity index is 390. The van der Waals surface area contributed by atoms with Crippen molar-refractivity contribution in [2.45, 2.75) is 20.0 Å².